The topological polar surface area (TPSA) is 65.8 Å². The summed E-state index contributed by atoms with van der Waals surface area (Å²) in [7, 11) is 0. The average Bonchev–Trinajstić information content (AvgIpc) is 3.36. The van der Waals surface area contributed by atoms with E-state index in [1.54, 1.807) is 42.7 Å². The average molecular weight is 462 g/mol. The van der Waals surface area contributed by atoms with Crippen molar-refractivity contribution >= 4 is 46.9 Å². The smallest absolute Gasteiger partial charge is 0.248 e. The van der Waals surface area contributed by atoms with Crippen molar-refractivity contribution in [1.29, 1.82) is 0 Å². The molecule has 33 heavy (non-hydrogen) atoms. The Bertz CT molecular complexity index is 1150. The second-order valence-corrected chi connectivity index (χ2v) is 7.99. The summed E-state index contributed by atoms with van der Waals surface area (Å²) in [6.45, 7) is 2.48. The maximum atomic E-state index is 12.6. The third-order valence-electron chi connectivity index (χ3n) is 5.31. The number of hydrogen-bond acceptors (Lipinski definition) is 4. The Balaban J connectivity index is 1.38. The van der Waals surface area contributed by atoms with Gasteiger partial charge in [0, 0.05) is 43.4 Å². The van der Waals surface area contributed by atoms with Crippen LogP contribution < -0.4 is 10.2 Å². The second-order valence-electron chi connectivity index (χ2n) is 7.56. The molecule has 1 N–H and O–H groups in total. The monoisotopic (exact) mass is 461 g/mol. The van der Waals surface area contributed by atoms with E-state index in [4.69, 9.17) is 16.0 Å². The molecule has 1 aromatic heterocycles. The Hall–Kier alpha value is -3.77. The molecule has 2 aromatic carbocycles. The third-order valence-corrected chi connectivity index (χ3v) is 5.54. The van der Waals surface area contributed by atoms with Crippen LogP contribution in [0.25, 0.3) is 12.2 Å². The lowest BCUT2D eigenvalue weighted by Crippen LogP contribution is -2.48. The van der Waals surface area contributed by atoms with Crippen molar-refractivity contribution in [3.05, 3.63) is 95.4 Å². The minimum absolute atomic E-state index is 0.00815. The SMILES string of the molecule is O=C(/C=C/c1ccco1)Nc1cc(Cl)ccc1N1CCN(C(=O)/C=C/c2ccccc2)CC1. The van der Waals surface area contributed by atoms with Crippen LogP contribution in [0.2, 0.25) is 5.02 Å². The fraction of sp³-hybridized carbons (Fsp3) is 0.154. The van der Waals surface area contributed by atoms with E-state index in [1.165, 1.54) is 6.08 Å². The van der Waals surface area contributed by atoms with E-state index in [0.29, 0.717) is 42.6 Å². The van der Waals surface area contributed by atoms with Crippen LogP contribution in [0.15, 0.2) is 83.5 Å². The maximum absolute atomic E-state index is 12.6. The fourth-order valence-electron chi connectivity index (χ4n) is 3.61. The van der Waals surface area contributed by atoms with Gasteiger partial charge in [-0.05, 0) is 48.0 Å². The highest BCUT2D eigenvalue weighted by Gasteiger charge is 2.22. The first-order chi connectivity index (χ1) is 16.1. The number of nitrogens with one attached hydrogen (secondary N) is 1. The van der Waals surface area contributed by atoms with Crippen LogP contribution in [0.5, 0.6) is 0 Å². The molecule has 0 spiro atoms. The molecule has 1 fully saturated rings. The molecule has 0 bridgehead atoms. The fourth-order valence-corrected chi connectivity index (χ4v) is 3.78. The number of rotatable bonds is 6. The summed E-state index contributed by atoms with van der Waals surface area (Å²) in [6.07, 6.45) is 8.02. The summed E-state index contributed by atoms with van der Waals surface area (Å²) in [4.78, 5) is 29.0. The summed E-state index contributed by atoms with van der Waals surface area (Å²) in [5.74, 6) is 0.305. The van der Waals surface area contributed by atoms with Gasteiger partial charge in [0.05, 0.1) is 17.6 Å². The van der Waals surface area contributed by atoms with Crippen LogP contribution >= 0.6 is 11.6 Å². The summed E-state index contributed by atoms with van der Waals surface area (Å²) < 4.78 is 5.21. The van der Waals surface area contributed by atoms with Crippen molar-refractivity contribution in [1.82, 2.24) is 4.90 Å². The molecule has 2 heterocycles. The standard InChI is InChI=1S/C26H24ClN3O3/c27-21-9-11-24(23(19-21)28-25(31)12-10-22-7-4-18-33-22)29-14-16-30(17-15-29)26(32)13-8-20-5-2-1-3-6-20/h1-13,18-19H,14-17H2,(H,28,31)/b12-10+,13-8+. The normalized spacial score (nSPS) is 14.2. The van der Waals surface area contributed by atoms with E-state index in [0.717, 1.165) is 11.3 Å². The highest BCUT2D eigenvalue weighted by molar-refractivity contribution is 6.31. The van der Waals surface area contributed by atoms with E-state index < -0.39 is 0 Å². The molecular weight excluding hydrogens is 438 g/mol. The third kappa shape index (κ3) is 6.14. The summed E-state index contributed by atoms with van der Waals surface area (Å²) in [6, 6.07) is 18.7. The van der Waals surface area contributed by atoms with Crippen LogP contribution in [0, 0.1) is 0 Å². The molecule has 0 unspecified atom stereocenters. The van der Waals surface area contributed by atoms with E-state index in [1.807, 2.05) is 47.4 Å². The van der Waals surface area contributed by atoms with Gasteiger partial charge in [0.2, 0.25) is 11.8 Å². The predicted octanol–water partition coefficient (Wildman–Crippen LogP) is 4.95. The quantitative estimate of drug-likeness (QED) is 0.527. The van der Waals surface area contributed by atoms with Gasteiger partial charge in [-0.3, -0.25) is 9.59 Å². The second kappa shape index (κ2) is 10.7. The first kappa shape index (κ1) is 22.4. The number of hydrogen-bond donors (Lipinski definition) is 1. The van der Waals surface area contributed by atoms with E-state index in [9.17, 15) is 9.59 Å². The van der Waals surface area contributed by atoms with Crippen LogP contribution in [0.1, 0.15) is 11.3 Å². The molecule has 1 aliphatic rings. The van der Waals surface area contributed by atoms with Crippen LogP contribution in [0.3, 0.4) is 0 Å². The number of benzene rings is 2. The van der Waals surface area contributed by atoms with E-state index >= 15 is 0 Å². The first-order valence-electron chi connectivity index (χ1n) is 10.7. The Morgan fingerprint density at radius 2 is 1.70 bits per heavy atom. The molecule has 3 aromatic rings. The number of carbonyl (C=O) groups excluding carboxylic acids is 2. The molecule has 4 rings (SSSR count). The van der Waals surface area contributed by atoms with Crippen molar-refractivity contribution in [2.45, 2.75) is 0 Å². The van der Waals surface area contributed by atoms with Gasteiger partial charge >= 0.3 is 0 Å². The maximum Gasteiger partial charge on any atom is 0.248 e. The first-order valence-corrected chi connectivity index (χ1v) is 11.1. The zero-order valence-electron chi connectivity index (χ0n) is 18.0. The predicted molar refractivity (Wildman–Crippen MR) is 132 cm³/mol. The highest BCUT2D eigenvalue weighted by Crippen LogP contribution is 2.30. The van der Waals surface area contributed by atoms with Gasteiger partial charge in [-0.1, -0.05) is 41.9 Å². The van der Waals surface area contributed by atoms with Crippen molar-refractivity contribution in [3.63, 3.8) is 0 Å². The summed E-state index contributed by atoms with van der Waals surface area (Å²) in [5.41, 5.74) is 2.48. The van der Waals surface area contributed by atoms with Crippen molar-refractivity contribution in [3.8, 4) is 0 Å². The number of furan rings is 1. The van der Waals surface area contributed by atoms with Crippen LogP contribution in [-0.2, 0) is 9.59 Å². The Kier molecular flexibility index (Phi) is 7.27. The number of carbonyl (C=O) groups is 2. The van der Waals surface area contributed by atoms with Gasteiger partial charge in [-0.15, -0.1) is 0 Å². The molecule has 0 aliphatic carbocycles. The van der Waals surface area contributed by atoms with Gasteiger partial charge in [0.1, 0.15) is 5.76 Å². The molecular formula is C26H24ClN3O3. The molecule has 0 radical (unpaired) electrons. The lowest BCUT2D eigenvalue weighted by Gasteiger charge is -2.36. The molecule has 0 saturated carbocycles. The minimum Gasteiger partial charge on any atom is -0.465 e. The van der Waals surface area contributed by atoms with Gasteiger partial charge in [-0.2, -0.15) is 0 Å². The van der Waals surface area contributed by atoms with Gasteiger partial charge in [0.15, 0.2) is 0 Å². The van der Waals surface area contributed by atoms with Gasteiger partial charge in [0.25, 0.3) is 0 Å². The van der Waals surface area contributed by atoms with Crippen molar-refractivity contribution in [2.24, 2.45) is 0 Å². The van der Waals surface area contributed by atoms with Gasteiger partial charge in [-0.25, -0.2) is 0 Å². The van der Waals surface area contributed by atoms with Crippen molar-refractivity contribution < 1.29 is 14.0 Å². The molecule has 1 saturated heterocycles. The molecule has 1 aliphatic heterocycles. The lowest BCUT2D eigenvalue weighted by molar-refractivity contribution is -0.126. The summed E-state index contributed by atoms with van der Waals surface area (Å²) in [5, 5.41) is 3.43. The molecule has 2 amide bonds. The minimum atomic E-state index is -0.283. The lowest BCUT2D eigenvalue weighted by atomic mass is 10.2. The van der Waals surface area contributed by atoms with Crippen LogP contribution in [0.4, 0.5) is 11.4 Å². The summed E-state index contributed by atoms with van der Waals surface area (Å²) >= 11 is 6.18. The molecule has 168 valence electrons. The van der Waals surface area contributed by atoms with Gasteiger partial charge < -0.3 is 19.5 Å². The largest absolute Gasteiger partial charge is 0.465 e. The highest BCUT2D eigenvalue weighted by atomic mass is 35.5. The van der Waals surface area contributed by atoms with E-state index in [2.05, 4.69) is 10.2 Å². The number of halogens is 1. The Morgan fingerprint density at radius 1 is 0.909 bits per heavy atom. The van der Waals surface area contributed by atoms with Crippen LogP contribution in [-0.4, -0.2) is 42.9 Å². The Labute approximate surface area is 197 Å². The Morgan fingerprint density at radius 3 is 2.42 bits per heavy atom. The molecule has 0 atom stereocenters. The number of anilines is 2. The number of piperazine rings is 1. The zero-order chi connectivity index (χ0) is 23.0. The van der Waals surface area contributed by atoms with E-state index in [-0.39, 0.29) is 11.8 Å². The number of nitrogens with zero attached hydrogens (tertiary/aromatic N) is 2. The number of amides is 2. The van der Waals surface area contributed by atoms with Crippen molar-refractivity contribution in [2.75, 3.05) is 36.4 Å². The zero-order valence-corrected chi connectivity index (χ0v) is 18.7. The molecule has 6 nitrogen and oxygen atoms in total. The molecule has 7 heteroatoms.